The molecule has 7 nitrogen and oxygen atoms in total. The number of rotatable bonds is 2. The number of piperazine rings is 1. The van der Waals surface area contributed by atoms with E-state index in [0.717, 1.165) is 25.3 Å². The Kier molecular flexibility index (Phi) is 3.43. The van der Waals surface area contributed by atoms with E-state index in [4.69, 9.17) is 16.9 Å². The molecule has 2 aromatic heterocycles. The van der Waals surface area contributed by atoms with Gasteiger partial charge in [-0.2, -0.15) is 10.4 Å². The molecule has 3 saturated heterocycles. The summed E-state index contributed by atoms with van der Waals surface area (Å²) in [6.07, 6.45) is 4.34. The van der Waals surface area contributed by atoms with Crippen molar-refractivity contribution < 1.29 is 0 Å². The Labute approximate surface area is 143 Å². The number of aromatic nitrogens is 3. The lowest BCUT2D eigenvalue weighted by molar-refractivity contribution is 0.288. The summed E-state index contributed by atoms with van der Waals surface area (Å²) in [5.74, 6) is 0.892. The van der Waals surface area contributed by atoms with Gasteiger partial charge in [0.2, 0.25) is 0 Å². The molecular formula is C16H15ClN6O. The monoisotopic (exact) mass is 342 g/mol. The van der Waals surface area contributed by atoms with Crippen molar-refractivity contribution in [1.82, 2.24) is 14.8 Å². The predicted molar refractivity (Wildman–Crippen MR) is 90.3 cm³/mol. The van der Waals surface area contributed by atoms with Crippen molar-refractivity contribution in [3.63, 3.8) is 0 Å². The number of fused-ring (bicyclic) bond motifs is 2. The fourth-order valence-corrected chi connectivity index (χ4v) is 3.80. The zero-order chi connectivity index (χ0) is 16.8. The lowest BCUT2D eigenvalue weighted by Gasteiger charge is -2.57. The number of hydrogen-bond donors (Lipinski definition) is 0. The van der Waals surface area contributed by atoms with E-state index in [1.807, 2.05) is 6.07 Å². The molecule has 8 heteroatoms. The Morgan fingerprint density at radius 3 is 2.67 bits per heavy atom. The third kappa shape index (κ3) is 2.22. The van der Waals surface area contributed by atoms with Crippen LogP contribution in [0.25, 0.3) is 0 Å². The third-order valence-corrected chi connectivity index (χ3v) is 5.09. The number of anilines is 2. The largest absolute Gasteiger partial charge is 0.365 e. The van der Waals surface area contributed by atoms with Gasteiger partial charge >= 0.3 is 0 Å². The van der Waals surface area contributed by atoms with Crippen molar-refractivity contribution in [2.24, 2.45) is 7.05 Å². The smallest absolute Gasteiger partial charge is 0.287 e. The summed E-state index contributed by atoms with van der Waals surface area (Å²) >= 11 is 6.21. The zero-order valence-electron chi connectivity index (χ0n) is 13.1. The molecule has 0 N–H and O–H groups in total. The van der Waals surface area contributed by atoms with Crippen molar-refractivity contribution in [3.05, 3.63) is 45.5 Å². The molecular weight excluding hydrogens is 328 g/mol. The van der Waals surface area contributed by atoms with Crippen LogP contribution in [0.3, 0.4) is 0 Å². The summed E-state index contributed by atoms with van der Waals surface area (Å²) in [6.45, 7) is 1.54. The first-order chi connectivity index (χ1) is 11.6. The Morgan fingerprint density at radius 2 is 2.04 bits per heavy atom. The quantitative estimate of drug-likeness (QED) is 0.815. The maximum Gasteiger partial charge on any atom is 0.287 e. The number of hydrogen-bond acceptors (Lipinski definition) is 6. The lowest BCUT2D eigenvalue weighted by atomic mass is 9.87. The van der Waals surface area contributed by atoms with Gasteiger partial charge in [-0.05, 0) is 18.6 Å². The normalized spacial score (nSPS) is 22.0. The SMILES string of the molecule is Cn1ncc(N2CC3CC(C2)N3c2ccc(C#N)cn2)c(Cl)c1=O. The highest BCUT2D eigenvalue weighted by Crippen LogP contribution is 2.38. The molecule has 0 radical (unpaired) electrons. The van der Waals surface area contributed by atoms with Gasteiger partial charge in [-0.3, -0.25) is 4.79 Å². The van der Waals surface area contributed by atoms with Gasteiger partial charge in [0.1, 0.15) is 16.9 Å². The predicted octanol–water partition coefficient (Wildman–Crippen LogP) is 1.17. The number of aryl methyl sites for hydroxylation is 1. The first-order valence-electron chi connectivity index (χ1n) is 7.69. The Bertz CT molecular complexity index is 875. The highest BCUT2D eigenvalue weighted by molar-refractivity contribution is 6.33. The van der Waals surface area contributed by atoms with Crippen LogP contribution in [0.1, 0.15) is 12.0 Å². The first kappa shape index (κ1) is 15.0. The van der Waals surface area contributed by atoms with E-state index in [-0.39, 0.29) is 10.6 Å². The summed E-state index contributed by atoms with van der Waals surface area (Å²) in [6, 6.07) is 6.41. The van der Waals surface area contributed by atoms with Crippen molar-refractivity contribution >= 4 is 23.1 Å². The van der Waals surface area contributed by atoms with Crippen LogP contribution >= 0.6 is 11.6 Å². The van der Waals surface area contributed by atoms with E-state index < -0.39 is 0 Å². The molecule has 24 heavy (non-hydrogen) atoms. The summed E-state index contributed by atoms with van der Waals surface area (Å²) in [4.78, 5) is 20.8. The van der Waals surface area contributed by atoms with Crippen molar-refractivity contribution in [1.29, 1.82) is 5.26 Å². The van der Waals surface area contributed by atoms with E-state index in [1.165, 1.54) is 4.68 Å². The Morgan fingerprint density at radius 1 is 1.29 bits per heavy atom. The summed E-state index contributed by atoms with van der Waals surface area (Å²) in [5, 5.41) is 13.2. The second-order valence-electron chi connectivity index (χ2n) is 6.15. The molecule has 2 atom stereocenters. The number of piperidine rings is 1. The third-order valence-electron chi connectivity index (χ3n) is 4.74. The van der Waals surface area contributed by atoms with Crippen LogP contribution < -0.4 is 15.4 Å². The molecule has 2 unspecified atom stereocenters. The van der Waals surface area contributed by atoms with Crippen LogP contribution in [-0.4, -0.2) is 39.9 Å². The highest BCUT2D eigenvalue weighted by atomic mass is 35.5. The number of nitrogens with zero attached hydrogens (tertiary/aromatic N) is 6. The number of pyridine rings is 1. The number of nitriles is 1. The van der Waals surface area contributed by atoms with Crippen molar-refractivity contribution in [2.45, 2.75) is 18.5 Å². The van der Waals surface area contributed by atoms with Gasteiger partial charge in [0.25, 0.3) is 5.56 Å². The number of halogens is 1. The molecule has 0 aromatic carbocycles. The Hall–Kier alpha value is -2.59. The fraction of sp³-hybridized carbons (Fsp3) is 0.375. The molecule has 3 fully saturated rings. The molecule has 0 saturated carbocycles. The van der Waals surface area contributed by atoms with Crippen LogP contribution in [0.5, 0.6) is 0 Å². The molecule has 5 heterocycles. The van der Waals surface area contributed by atoms with E-state index in [2.05, 4.69) is 26.0 Å². The van der Waals surface area contributed by atoms with Gasteiger partial charge < -0.3 is 9.80 Å². The summed E-state index contributed by atoms with van der Waals surface area (Å²) in [7, 11) is 1.59. The second kappa shape index (κ2) is 5.49. The maximum atomic E-state index is 12.0. The minimum atomic E-state index is -0.279. The van der Waals surface area contributed by atoms with Gasteiger partial charge in [0, 0.05) is 26.3 Å². The van der Waals surface area contributed by atoms with Gasteiger partial charge in [-0.25, -0.2) is 9.67 Å². The van der Waals surface area contributed by atoms with E-state index in [1.54, 1.807) is 25.5 Å². The zero-order valence-corrected chi connectivity index (χ0v) is 13.8. The molecule has 0 spiro atoms. The summed E-state index contributed by atoms with van der Waals surface area (Å²) in [5.41, 5.74) is 0.977. The van der Waals surface area contributed by atoms with Gasteiger partial charge in [0.05, 0.1) is 29.5 Å². The fourth-order valence-electron chi connectivity index (χ4n) is 3.51. The van der Waals surface area contributed by atoms with Gasteiger partial charge in [-0.1, -0.05) is 11.6 Å². The molecule has 3 aliphatic rings. The van der Waals surface area contributed by atoms with Crippen LogP contribution in [0.15, 0.2) is 29.3 Å². The molecule has 0 aliphatic carbocycles. The topological polar surface area (TPSA) is 78.1 Å². The van der Waals surface area contributed by atoms with Crippen LogP contribution in [-0.2, 0) is 7.05 Å². The molecule has 3 aliphatic heterocycles. The molecule has 0 amide bonds. The van der Waals surface area contributed by atoms with Crippen molar-refractivity contribution in [3.8, 4) is 6.07 Å². The van der Waals surface area contributed by atoms with E-state index in [0.29, 0.717) is 23.3 Å². The van der Waals surface area contributed by atoms with Crippen molar-refractivity contribution in [2.75, 3.05) is 22.9 Å². The summed E-state index contributed by atoms with van der Waals surface area (Å²) < 4.78 is 1.24. The lowest BCUT2D eigenvalue weighted by Crippen LogP contribution is -2.69. The van der Waals surface area contributed by atoms with E-state index >= 15 is 0 Å². The maximum absolute atomic E-state index is 12.0. The first-order valence-corrected chi connectivity index (χ1v) is 8.07. The molecule has 5 rings (SSSR count). The molecule has 2 aromatic rings. The van der Waals surface area contributed by atoms with E-state index in [9.17, 15) is 4.79 Å². The highest BCUT2D eigenvalue weighted by Gasteiger charge is 2.45. The minimum Gasteiger partial charge on any atom is -0.365 e. The molecule has 2 bridgehead atoms. The van der Waals surface area contributed by atoms with Gasteiger partial charge in [-0.15, -0.1) is 0 Å². The Balaban J connectivity index is 1.55. The second-order valence-corrected chi connectivity index (χ2v) is 6.52. The minimum absolute atomic E-state index is 0.219. The average Bonchev–Trinajstić information content (AvgIpc) is 2.60. The van der Waals surface area contributed by atoms with Crippen LogP contribution in [0, 0.1) is 11.3 Å². The van der Waals surface area contributed by atoms with Crippen LogP contribution in [0.2, 0.25) is 5.02 Å². The molecule has 122 valence electrons. The van der Waals surface area contributed by atoms with Crippen LogP contribution in [0.4, 0.5) is 11.5 Å². The average molecular weight is 343 g/mol. The standard InChI is InChI=1S/C16H15ClN6O/c1-21-16(24)15(17)13(7-20-21)22-8-11-4-12(9-22)23(11)14-3-2-10(5-18)6-19-14/h2-3,6-7,11-12H,4,8-9H2,1H3. The van der Waals surface area contributed by atoms with Gasteiger partial charge in [0.15, 0.2) is 0 Å².